The highest BCUT2D eigenvalue weighted by molar-refractivity contribution is 5.90. The zero-order valence-corrected chi connectivity index (χ0v) is 10.9. The minimum atomic E-state index is -0.706. The normalized spacial score (nSPS) is 25.4. The van der Waals surface area contributed by atoms with Gasteiger partial charge in [-0.15, -0.1) is 0 Å². The monoisotopic (exact) mass is 255 g/mol. The number of aliphatic carboxylic acids is 1. The van der Waals surface area contributed by atoms with Gasteiger partial charge in [0.2, 0.25) is 0 Å². The van der Waals surface area contributed by atoms with Gasteiger partial charge in [-0.05, 0) is 48.3 Å². The molecular weight excluding hydrogens is 238 g/mol. The molecule has 98 valence electrons. The van der Waals surface area contributed by atoms with Crippen molar-refractivity contribution in [2.45, 2.75) is 11.8 Å². The van der Waals surface area contributed by atoms with Crippen molar-refractivity contribution in [3.63, 3.8) is 0 Å². The Bertz CT molecular complexity index is 637. The third-order valence-corrected chi connectivity index (χ3v) is 4.20. The molecule has 3 heteroatoms. The van der Waals surface area contributed by atoms with Gasteiger partial charge in [-0.2, -0.15) is 0 Å². The van der Waals surface area contributed by atoms with E-state index in [1.165, 1.54) is 0 Å². The summed E-state index contributed by atoms with van der Waals surface area (Å²) >= 11 is 0. The largest absolute Gasteiger partial charge is 0.481 e. The minimum Gasteiger partial charge on any atom is -0.481 e. The molecule has 0 spiro atoms. The lowest BCUT2D eigenvalue weighted by Gasteiger charge is -2.14. The second-order valence-electron chi connectivity index (χ2n) is 5.30. The van der Waals surface area contributed by atoms with E-state index in [4.69, 9.17) is 0 Å². The fraction of sp³-hybridized carbons (Fsp3) is 0.312. The first-order chi connectivity index (χ1) is 9.18. The molecule has 19 heavy (non-hydrogen) atoms. The Balaban J connectivity index is 2.05. The van der Waals surface area contributed by atoms with Gasteiger partial charge in [-0.1, -0.05) is 36.4 Å². The Morgan fingerprint density at radius 2 is 2.05 bits per heavy atom. The van der Waals surface area contributed by atoms with Crippen LogP contribution >= 0.6 is 0 Å². The molecule has 0 amide bonds. The molecule has 2 atom stereocenters. The first-order valence-electron chi connectivity index (χ1n) is 6.56. The summed E-state index contributed by atoms with van der Waals surface area (Å²) in [5.74, 6) is -0.515. The van der Waals surface area contributed by atoms with Gasteiger partial charge in [0.1, 0.15) is 0 Å². The van der Waals surface area contributed by atoms with Crippen LogP contribution in [0.1, 0.15) is 12.0 Å². The lowest BCUT2D eigenvalue weighted by molar-refractivity contribution is -0.140. The Labute approximate surface area is 112 Å². The highest BCUT2D eigenvalue weighted by atomic mass is 16.4. The number of hydrogen-bond acceptors (Lipinski definition) is 2. The number of rotatable bonds is 4. The van der Waals surface area contributed by atoms with Crippen molar-refractivity contribution < 1.29 is 9.90 Å². The summed E-state index contributed by atoms with van der Waals surface area (Å²) in [5, 5.41) is 14.9. The van der Waals surface area contributed by atoms with Crippen molar-refractivity contribution in [2.24, 2.45) is 5.92 Å². The topological polar surface area (TPSA) is 49.3 Å². The first-order valence-corrected chi connectivity index (χ1v) is 6.56. The molecule has 3 rings (SSSR count). The predicted molar refractivity (Wildman–Crippen MR) is 75.3 cm³/mol. The molecule has 0 bridgehead atoms. The molecular formula is C16H17NO2. The molecule has 1 saturated carbocycles. The van der Waals surface area contributed by atoms with Crippen LogP contribution in [0.5, 0.6) is 0 Å². The summed E-state index contributed by atoms with van der Waals surface area (Å²) < 4.78 is 0. The summed E-state index contributed by atoms with van der Waals surface area (Å²) in [6.07, 6.45) is 0.724. The van der Waals surface area contributed by atoms with Crippen LogP contribution < -0.4 is 5.32 Å². The van der Waals surface area contributed by atoms with Crippen molar-refractivity contribution in [2.75, 3.05) is 13.6 Å². The van der Waals surface area contributed by atoms with Gasteiger partial charge < -0.3 is 10.4 Å². The minimum absolute atomic E-state index is 0.191. The zero-order chi connectivity index (χ0) is 13.5. The molecule has 0 aromatic heterocycles. The number of carbonyl (C=O) groups is 1. The maximum atomic E-state index is 11.7. The fourth-order valence-corrected chi connectivity index (χ4v) is 3.03. The number of nitrogens with one attached hydrogen (secondary N) is 1. The van der Waals surface area contributed by atoms with Crippen LogP contribution in [-0.2, 0) is 10.2 Å². The van der Waals surface area contributed by atoms with Crippen LogP contribution in [0.4, 0.5) is 0 Å². The standard InChI is InChI=1S/C16H17NO2/c1-17-10-14-9-16(14,15(18)19)13-7-6-11-4-2-3-5-12(11)8-13/h2-8,14,17H,9-10H2,1H3,(H,18,19)/t14-,16-/m0/s1. The van der Waals surface area contributed by atoms with Crippen molar-refractivity contribution >= 4 is 16.7 Å². The van der Waals surface area contributed by atoms with Gasteiger partial charge >= 0.3 is 5.97 Å². The van der Waals surface area contributed by atoms with E-state index < -0.39 is 11.4 Å². The molecule has 0 aliphatic heterocycles. The molecule has 0 unspecified atom stereocenters. The number of hydrogen-bond donors (Lipinski definition) is 2. The summed E-state index contributed by atoms with van der Waals surface area (Å²) in [4.78, 5) is 11.7. The Morgan fingerprint density at radius 1 is 1.32 bits per heavy atom. The molecule has 0 radical (unpaired) electrons. The van der Waals surface area contributed by atoms with Crippen LogP contribution in [0, 0.1) is 5.92 Å². The molecule has 0 saturated heterocycles. The molecule has 2 aromatic rings. The van der Waals surface area contributed by atoms with Crippen molar-refractivity contribution in [1.82, 2.24) is 5.32 Å². The first kappa shape index (κ1) is 12.2. The highest BCUT2D eigenvalue weighted by Crippen LogP contribution is 2.54. The second-order valence-corrected chi connectivity index (χ2v) is 5.30. The molecule has 2 N–H and O–H groups in total. The quantitative estimate of drug-likeness (QED) is 0.882. The van der Waals surface area contributed by atoms with E-state index in [2.05, 4.69) is 5.32 Å². The average molecular weight is 255 g/mol. The van der Waals surface area contributed by atoms with Gasteiger partial charge in [0, 0.05) is 0 Å². The number of fused-ring (bicyclic) bond motifs is 1. The Morgan fingerprint density at radius 3 is 2.74 bits per heavy atom. The maximum Gasteiger partial charge on any atom is 0.314 e. The highest BCUT2D eigenvalue weighted by Gasteiger charge is 2.61. The van der Waals surface area contributed by atoms with Gasteiger partial charge in [0.15, 0.2) is 0 Å². The molecule has 1 aliphatic rings. The number of carboxylic acids is 1. The molecule has 2 aromatic carbocycles. The van der Waals surface area contributed by atoms with Gasteiger partial charge in [0.25, 0.3) is 0 Å². The molecule has 3 nitrogen and oxygen atoms in total. The second kappa shape index (κ2) is 4.35. The van der Waals surface area contributed by atoms with Crippen LogP contribution in [0.25, 0.3) is 10.8 Å². The fourth-order valence-electron chi connectivity index (χ4n) is 3.03. The van der Waals surface area contributed by atoms with E-state index in [9.17, 15) is 9.90 Å². The molecule has 1 fully saturated rings. The zero-order valence-electron chi connectivity index (χ0n) is 10.9. The predicted octanol–water partition coefficient (Wildman–Crippen LogP) is 2.40. The van der Waals surface area contributed by atoms with Crippen LogP contribution in [0.15, 0.2) is 42.5 Å². The van der Waals surface area contributed by atoms with E-state index in [0.717, 1.165) is 29.3 Å². The van der Waals surface area contributed by atoms with Crippen molar-refractivity contribution in [3.05, 3.63) is 48.0 Å². The van der Waals surface area contributed by atoms with E-state index >= 15 is 0 Å². The average Bonchev–Trinajstić information content (AvgIpc) is 3.14. The third-order valence-electron chi connectivity index (χ3n) is 4.20. The van der Waals surface area contributed by atoms with E-state index in [0.29, 0.717) is 0 Å². The van der Waals surface area contributed by atoms with Gasteiger partial charge in [-0.25, -0.2) is 0 Å². The van der Waals surface area contributed by atoms with Crippen molar-refractivity contribution in [3.8, 4) is 0 Å². The summed E-state index contributed by atoms with van der Waals surface area (Å²) in [7, 11) is 1.87. The lowest BCUT2D eigenvalue weighted by Crippen LogP contribution is -2.26. The maximum absolute atomic E-state index is 11.7. The van der Waals surface area contributed by atoms with Crippen LogP contribution in [0.2, 0.25) is 0 Å². The van der Waals surface area contributed by atoms with Crippen LogP contribution in [0.3, 0.4) is 0 Å². The van der Waals surface area contributed by atoms with E-state index in [-0.39, 0.29) is 5.92 Å². The molecule has 1 aliphatic carbocycles. The SMILES string of the molecule is CNC[C@@H]1C[C@]1(C(=O)O)c1ccc2ccccc2c1. The van der Waals surface area contributed by atoms with Crippen LogP contribution in [-0.4, -0.2) is 24.7 Å². The Hall–Kier alpha value is -1.87. The summed E-state index contributed by atoms with van der Waals surface area (Å²) in [5.41, 5.74) is 0.242. The molecule has 0 heterocycles. The Kier molecular flexibility index (Phi) is 2.79. The smallest absolute Gasteiger partial charge is 0.314 e. The lowest BCUT2D eigenvalue weighted by atomic mass is 9.91. The van der Waals surface area contributed by atoms with Gasteiger partial charge in [0.05, 0.1) is 5.41 Å². The van der Waals surface area contributed by atoms with Crippen molar-refractivity contribution in [1.29, 1.82) is 0 Å². The van der Waals surface area contributed by atoms with E-state index in [1.807, 2.05) is 49.5 Å². The third kappa shape index (κ3) is 1.81. The van der Waals surface area contributed by atoms with E-state index in [1.54, 1.807) is 0 Å². The number of benzene rings is 2. The summed E-state index contributed by atoms with van der Waals surface area (Å²) in [6.45, 7) is 0.749. The van der Waals surface area contributed by atoms with Gasteiger partial charge in [-0.3, -0.25) is 4.79 Å². The summed E-state index contributed by atoms with van der Waals surface area (Å²) in [6, 6.07) is 14.1. The number of carboxylic acid groups (broad SMARTS) is 1.